The molecule has 1 fully saturated rings. The molecule has 3 heterocycles. The Bertz CT molecular complexity index is 620. The van der Waals surface area contributed by atoms with Crippen LogP contribution in [0.2, 0.25) is 0 Å². The van der Waals surface area contributed by atoms with Crippen molar-refractivity contribution in [1.29, 1.82) is 0 Å². The lowest BCUT2D eigenvalue weighted by atomic mass is 10.1. The van der Waals surface area contributed by atoms with Gasteiger partial charge < -0.3 is 9.88 Å². The summed E-state index contributed by atoms with van der Waals surface area (Å²) in [6, 6.07) is 3.90. The number of pyridine rings is 1. The minimum atomic E-state index is 0.168. The highest BCUT2D eigenvalue weighted by atomic mass is 16.2. The Morgan fingerprint density at radius 1 is 1.43 bits per heavy atom. The molecule has 0 aromatic carbocycles. The van der Waals surface area contributed by atoms with E-state index in [1.807, 2.05) is 29.4 Å². The van der Waals surface area contributed by atoms with Crippen LogP contribution in [-0.4, -0.2) is 38.8 Å². The topological polar surface area (TPSA) is 61.9 Å². The Balaban J connectivity index is 1.74. The van der Waals surface area contributed by atoms with Gasteiger partial charge in [0.1, 0.15) is 5.82 Å². The number of nitrogens with zero attached hydrogens (tertiary/aromatic N) is 3. The van der Waals surface area contributed by atoms with Crippen molar-refractivity contribution >= 4 is 5.91 Å². The first-order chi connectivity index (χ1) is 10.1. The molecule has 1 aliphatic rings. The van der Waals surface area contributed by atoms with Crippen LogP contribution in [0.3, 0.4) is 0 Å². The van der Waals surface area contributed by atoms with Crippen molar-refractivity contribution in [2.24, 2.45) is 5.92 Å². The van der Waals surface area contributed by atoms with Gasteiger partial charge in [0.15, 0.2) is 0 Å². The van der Waals surface area contributed by atoms with Gasteiger partial charge in [0, 0.05) is 43.4 Å². The van der Waals surface area contributed by atoms with Gasteiger partial charge in [-0.25, -0.2) is 4.98 Å². The summed E-state index contributed by atoms with van der Waals surface area (Å²) in [6.45, 7) is 5.85. The largest absolute Gasteiger partial charge is 0.342 e. The van der Waals surface area contributed by atoms with Gasteiger partial charge >= 0.3 is 0 Å². The summed E-state index contributed by atoms with van der Waals surface area (Å²) in [5, 5.41) is 0. The zero-order valence-corrected chi connectivity index (χ0v) is 12.4. The van der Waals surface area contributed by atoms with Crippen molar-refractivity contribution in [2.45, 2.75) is 26.2 Å². The van der Waals surface area contributed by atoms with Crippen molar-refractivity contribution in [3.63, 3.8) is 0 Å². The lowest BCUT2D eigenvalue weighted by Crippen LogP contribution is -2.29. The van der Waals surface area contributed by atoms with Crippen LogP contribution in [-0.2, 0) is 4.79 Å². The SMILES string of the molecule is CC(C)CN1CC(c2ncc(-c3cccnc3)[nH]2)CC1=O. The molecule has 0 bridgehead atoms. The molecule has 1 atom stereocenters. The number of carbonyl (C=O) groups excluding carboxylic acids is 1. The van der Waals surface area contributed by atoms with E-state index >= 15 is 0 Å². The van der Waals surface area contributed by atoms with Crippen molar-refractivity contribution < 1.29 is 4.79 Å². The molecular formula is C16H20N4O. The molecule has 5 nitrogen and oxygen atoms in total. The second-order valence-electron chi connectivity index (χ2n) is 6.02. The van der Waals surface area contributed by atoms with Crippen LogP contribution in [0.25, 0.3) is 11.3 Å². The van der Waals surface area contributed by atoms with Gasteiger partial charge in [-0.05, 0) is 18.1 Å². The van der Waals surface area contributed by atoms with Gasteiger partial charge in [-0.15, -0.1) is 0 Å². The highest BCUT2D eigenvalue weighted by Crippen LogP contribution is 2.28. The molecule has 0 saturated carbocycles. The number of hydrogen-bond acceptors (Lipinski definition) is 3. The van der Waals surface area contributed by atoms with Crippen LogP contribution in [0.5, 0.6) is 0 Å². The molecular weight excluding hydrogens is 264 g/mol. The van der Waals surface area contributed by atoms with E-state index in [1.54, 1.807) is 6.20 Å². The minimum Gasteiger partial charge on any atom is -0.342 e. The average molecular weight is 284 g/mol. The number of H-pyrrole nitrogens is 1. The van der Waals surface area contributed by atoms with Gasteiger partial charge in [-0.2, -0.15) is 0 Å². The molecule has 1 unspecified atom stereocenters. The summed E-state index contributed by atoms with van der Waals surface area (Å²) in [7, 11) is 0. The predicted octanol–water partition coefficient (Wildman–Crippen LogP) is 2.44. The van der Waals surface area contributed by atoms with Crippen molar-refractivity contribution in [2.75, 3.05) is 13.1 Å². The number of rotatable bonds is 4. The van der Waals surface area contributed by atoms with Gasteiger partial charge in [-0.3, -0.25) is 9.78 Å². The zero-order valence-electron chi connectivity index (χ0n) is 12.4. The van der Waals surface area contributed by atoms with Crippen LogP contribution in [0.1, 0.15) is 32.0 Å². The van der Waals surface area contributed by atoms with Crippen LogP contribution < -0.4 is 0 Å². The zero-order chi connectivity index (χ0) is 14.8. The quantitative estimate of drug-likeness (QED) is 0.938. The van der Waals surface area contributed by atoms with Gasteiger partial charge in [-0.1, -0.05) is 13.8 Å². The number of aromatic nitrogens is 3. The molecule has 1 saturated heterocycles. The molecule has 0 spiro atoms. The molecule has 5 heteroatoms. The Hall–Kier alpha value is -2.17. The van der Waals surface area contributed by atoms with E-state index in [4.69, 9.17) is 0 Å². The van der Waals surface area contributed by atoms with Crippen molar-refractivity contribution in [3.8, 4) is 11.3 Å². The Kier molecular flexibility index (Phi) is 3.73. The van der Waals surface area contributed by atoms with Gasteiger partial charge in [0.25, 0.3) is 0 Å². The van der Waals surface area contributed by atoms with E-state index in [0.717, 1.165) is 30.2 Å². The van der Waals surface area contributed by atoms with E-state index in [-0.39, 0.29) is 11.8 Å². The number of hydrogen-bond donors (Lipinski definition) is 1. The number of carbonyl (C=O) groups is 1. The first-order valence-corrected chi connectivity index (χ1v) is 7.36. The molecule has 2 aromatic heterocycles. The van der Waals surface area contributed by atoms with Crippen molar-refractivity contribution in [3.05, 3.63) is 36.5 Å². The van der Waals surface area contributed by atoms with E-state index < -0.39 is 0 Å². The predicted molar refractivity (Wildman–Crippen MR) is 80.6 cm³/mol. The molecule has 0 radical (unpaired) electrons. The standard InChI is InChI=1S/C16H20N4O/c1-11(2)9-20-10-13(6-15(20)21)16-18-8-14(19-16)12-4-3-5-17-7-12/h3-5,7-8,11,13H,6,9-10H2,1-2H3,(H,18,19). The maximum atomic E-state index is 12.0. The third-order valence-corrected chi connectivity index (χ3v) is 3.75. The van der Waals surface area contributed by atoms with Crippen LogP contribution in [0.4, 0.5) is 0 Å². The number of nitrogens with one attached hydrogen (secondary N) is 1. The molecule has 3 rings (SSSR count). The summed E-state index contributed by atoms with van der Waals surface area (Å²) < 4.78 is 0. The maximum Gasteiger partial charge on any atom is 0.223 e. The first kappa shape index (κ1) is 13.8. The average Bonchev–Trinajstić information content (AvgIpc) is 3.07. The Morgan fingerprint density at radius 3 is 3.00 bits per heavy atom. The second-order valence-corrected chi connectivity index (χ2v) is 6.02. The minimum absolute atomic E-state index is 0.168. The Morgan fingerprint density at radius 2 is 2.29 bits per heavy atom. The van der Waals surface area contributed by atoms with E-state index in [9.17, 15) is 4.79 Å². The summed E-state index contributed by atoms with van der Waals surface area (Å²) in [6.07, 6.45) is 5.93. The summed E-state index contributed by atoms with van der Waals surface area (Å²) >= 11 is 0. The highest BCUT2D eigenvalue weighted by Gasteiger charge is 2.32. The summed E-state index contributed by atoms with van der Waals surface area (Å²) in [5.74, 6) is 1.79. The molecule has 1 amide bonds. The molecule has 1 aliphatic heterocycles. The number of likely N-dealkylation sites (tertiary alicyclic amines) is 1. The van der Waals surface area contributed by atoms with Crippen LogP contribution in [0, 0.1) is 5.92 Å². The fraction of sp³-hybridized carbons (Fsp3) is 0.438. The lowest BCUT2D eigenvalue weighted by Gasteiger charge is -2.18. The molecule has 1 N–H and O–H groups in total. The molecule has 0 aliphatic carbocycles. The Labute approximate surface area is 124 Å². The fourth-order valence-corrected chi connectivity index (χ4v) is 2.79. The van der Waals surface area contributed by atoms with E-state index in [2.05, 4.69) is 28.8 Å². The summed E-state index contributed by atoms with van der Waals surface area (Å²) in [4.78, 5) is 25.9. The van der Waals surface area contributed by atoms with E-state index in [1.165, 1.54) is 0 Å². The van der Waals surface area contributed by atoms with Gasteiger partial charge in [0.2, 0.25) is 5.91 Å². The second kappa shape index (κ2) is 5.68. The number of amides is 1. The third kappa shape index (κ3) is 2.96. The third-order valence-electron chi connectivity index (χ3n) is 3.75. The lowest BCUT2D eigenvalue weighted by molar-refractivity contribution is -0.128. The van der Waals surface area contributed by atoms with Gasteiger partial charge in [0.05, 0.1) is 11.9 Å². The summed E-state index contributed by atoms with van der Waals surface area (Å²) in [5.41, 5.74) is 1.97. The first-order valence-electron chi connectivity index (χ1n) is 7.36. The van der Waals surface area contributed by atoms with Crippen LogP contribution in [0.15, 0.2) is 30.7 Å². The normalized spacial score (nSPS) is 18.7. The fourth-order valence-electron chi connectivity index (χ4n) is 2.79. The van der Waals surface area contributed by atoms with E-state index in [0.29, 0.717) is 12.3 Å². The molecule has 21 heavy (non-hydrogen) atoms. The molecule has 2 aromatic rings. The smallest absolute Gasteiger partial charge is 0.223 e. The molecule has 110 valence electrons. The maximum absolute atomic E-state index is 12.0. The number of imidazole rings is 1. The number of aromatic amines is 1. The van der Waals surface area contributed by atoms with Crippen molar-refractivity contribution in [1.82, 2.24) is 19.9 Å². The monoisotopic (exact) mass is 284 g/mol. The highest BCUT2D eigenvalue weighted by molar-refractivity contribution is 5.79. The van der Waals surface area contributed by atoms with Crippen LogP contribution >= 0.6 is 0 Å².